The molecule has 0 aromatic heterocycles. The highest BCUT2D eigenvalue weighted by Gasteiger charge is 2.32. The van der Waals surface area contributed by atoms with E-state index in [1.165, 1.54) is 6.07 Å². The van der Waals surface area contributed by atoms with Crippen LogP contribution in [0.15, 0.2) is 72.8 Å². The Balaban J connectivity index is 1.42. The van der Waals surface area contributed by atoms with E-state index < -0.39 is 29.8 Å². The lowest BCUT2D eigenvalue weighted by molar-refractivity contribution is -0.137. The van der Waals surface area contributed by atoms with Crippen molar-refractivity contribution in [1.29, 1.82) is 0 Å². The Morgan fingerprint density at radius 3 is 2.25 bits per heavy atom. The van der Waals surface area contributed by atoms with Crippen LogP contribution in [0, 0.1) is 0 Å². The summed E-state index contributed by atoms with van der Waals surface area (Å²) in [5, 5.41) is 14.5. The van der Waals surface area contributed by atoms with E-state index in [2.05, 4.69) is 10.6 Å². The lowest BCUT2D eigenvalue weighted by atomic mass is 9.98. The first-order valence-corrected chi connectivity index (χ1v) is 11.1. The zero-order valence-electron chi connectivity index (χ0n) is 18.9. The third-order valence-electron chi connectivity index (χ3n) is 5.86. The van der Waals surface area contributed by atoms with Gasteiger partial charge in [-0.25, -0.2) is 9.59 Å². The van der Waals surface area contributed by atoms with E-state index in [-0.39, 0.29) is 17.2 Å². The summed E-state index contributed by atoms with van der Waals surface area (Å²) in [6.07, 6.45) is -3.43. The Bertz CT molecular complexity index is 1270. The second-order valence-electron chi connectivity index (χ2n) is 8.26. The largest absolute Gasteiger partial charge is 0.478 e. The van der Waals surface area contributed by atoms with Crippen LogP contribution in [0.2, 0.25) is 0 Å². The quantitative estimate of drug-likeness (QED) is 0.440. The molecule has 0 bridgehead atoms. The summed E-state index contributed by atoms with van der Waals surface area (Å²) in [5.41, 5.74) is 1.35. The maximum absolute atomic E-state index is 13.0. The normalized spacial score (nSPS) is 15.9. The Labute approximate surface area is 204 Å². The average molecular weight is 497 g/mol. The number of hydrogen-bond donors (Lipinski definition) is 3. The van der Waals surface area contributed by atoms with Crippen LogP contribution >= 0.6 is 0 Å². The summed E-state index contributed by atoms with van der Waals surface area (Å²) in [7, 11) is 0. The molecule has 3 aromatic rings. The SMILES string of the molecule is O=C(Nc1ccc(C(F)(F)F)cc1)NC1CCCN(c2ccc(-c3ccccc3C(=O)O)cc2)C1=O. The number of piperidine rings is 1. The van der Waals surface area contributed by atoms with Crippen LogP contribution < -0.4 is 15.5 Å². The molecule has 186 valence electrons. The Hall–Kier alpha value is -4.34. The Morgan fingerprint density at radius 2 is 1.61 bits per heavy atom. The lowest BCUT2D eigenvalue weighted by Gasteiger charge is -2.32. The molecule has 3 aromatic carbocycles. The zero-order valence-corrected chi connectivity index (χ0v) is 18.9. The molecule has 10 heteroatoms. The molecule has 36 heavy (non-hydrogen) atoms. The predicted octanol–water partition coefficient (Wildman–Crippen LogP) is 5.39. The minimum absolute atomic E-state index is 0.165. The number of alkyl halides is 3. The molecule has 0 spiro atoms. The van der Waals surface area contributed by atoms with Gasteiger partial charge < -0.3 is 20.6 Å². The lowest BCUT2D eigenvalue weighted by Crippen LogP contribution is -2.53. The summed E-state index contributed by atoms with van der Waals surface area (Å²) >= 11 is 0. The van der Waals surface area contributed by atoms with Crippen molar-refractivity contribution in [2.75, 3.05) is 16.8 Å². The molecule has 0 saturated carbocycles. The fourth-order valence-electron chi connectivity index (χ4n) is 4.08. The van der Waals surface area contributed by atoms with Gasteiger partial charge in [0.2, 0.25) is 5.91 Å². The number of rotatable bonds is 5. The number of halogens is 3. The first-order valence-electron chi connectivity index (χ1n) is 11.1. The van der Waals surface area contributed by atoms with Gasteiger partial charge in [-0.2, -0.15) is 13.2 Å². The van der Waals surface area contributed by atoms with Crippen molar-refractivity contribution in [2.24, 2.45) is 0 Å². The topological polar surface area (TPSA) is 98.7 Å². The molecule has 1 atom stereocenters. The van der Waals surface area contributed by atoms with Crippen LogP contribution in [-0.2, 0) is 11.0 Å². The van der Waals surface area contributed by atoms with Crippen molar-refractivity contribution >= 4 is 29.3 Å². The molecule has 7 nitrogen and oxygen atoms in total. The number of nitrogens with one attached hydrogen (secondary N) is 2. The summed E-state index contributed by atoms with van der Waals surface area (Å²) in [6.45, 7) is 0.447. The standard InChI is InChI=1S/C26H22F3N3O4/c27-26(28,29)17-9-11-18(12-10-17)30-25(36)31-22-6-3-15-32(23(22)33)19-13-7-16(8-14-19)20-4-1-2-5-21(20)24(34)35/h1-2,4-5,7-14,22H,3,6,15H2,(H,34,35)(H2,30,31,36). The fourth-order valence-corrected chi connectivity index (χ4v) is 4.08. The van der Waals surface area contributed by atoms with E-state index in [1.807, 2.05) is 0 Å². The van der Waals surface area contributed by atoms with Gasteiger partial charge in [0, 0.05) is 17.9 Å². The third-order valence-corrected chi connectivity index (χ3v) is 5.86. The number of hydrogen-bond acceptors (Lipinski definition) is 3. The smallest absolute Gasteiger partial charge is 0.416 e. The highest BCUT2D eigenvalue weighted by Crippen LogP contribution is 2.30. The van der Waals surface area contributed by atoms with Gasteiger partial charge in [-0.15, -0.1) is 0 Å². The number of benzene rings is 3. The number of carbonyl (C=O) groups excluding carboxylic acids is 2. The maximum atomic E-state index is 13.0. The van der Waals surface area contributed by atoms with Crippen LogP contribution in [0.3, 0.4) is 0 Å². The summed E-state index contributed by atoms with van der Waals surface area (Å²) in [4.78, 5) is 38.5. The number of aromatic carboxylic acids is 1. The molecular weight excluding hydrogens is 475 g/mol. The molecule has 3 N–H and O–H groups in total. The van der Waals surface area contributed by atoms with Crippen molar-refractivity contribution in [1.82, 2.24) is 5.32 Å². The van der Waals surface area contributed by atoms with E-state index in [9.17, 15) is 32.7 Å². The van der Waals surface area contributed by atoms with Crippen LogP contribution in [0.4, 0.5) is 29.3 Å². The maximum Gasteiger partial charge on any atom is 0.416 e. The molecule has 1 aliphatic rings. The summed E-state index contributed by atoms with van der Waals surface area (Å²) in [5.74, 6) is -1.35. The fraction of sp³-hybridized carbons (Fsp3) is 0.192. The number of carboxylic acid groups (broad SMARTS) is 1. The Morgan fingerprint density at radius 1 is 0.944 bits per heavy atom. The number of carbonyl (C=O) groups is 3. The Kier molecular flexibility index (Phi) is 6.96. The van der Waals surface area contributed by atoms with Gasteiger partial charge in [-0.3, -0.25) is 4.79 Å². The van der Waals surface area contributed by atoms with Gasteiger partial charge in [-0.05, 0) is 66.4 Å². The van der Waals surface area contributed by atoms with Crippen molar-refractivity contribution < 1.29 is 32.7 Å². The van der Waals surface area contributed by atoms with Crippen molar-refractivity contribution in [3.8, 4) is 11.1 Å². The molecule has 4 rings (SSSR count). The van der Waals surface area contributed by atoms with Crippen molar-refractivity contribution in [2.45, 2.75) is 25.1 Å². The van der Waals surface area contributed by atoms with E-state index in [0.717, 1.165) is 24.3 Å². The van der Waals surface area contributed by atoms with E-state index in [4.69, 9.17) is 0 Å². The highest BCUT2D eigenvalue weighted by atomic mass is 19.4. The summed E-state index contributed by atoms with van der Waals surface area (Å²) in [6, 6.07) is 16.0. The molecule has 0 aliphatic carbocycles. The van der Waals surface area contributed by atoms with Gasteiger partial charge in [0.05, 0.1) is 11.1 Å². The van der Waals surface area contributed by atoms with E-state index >= 15 is 0 Å². The van der Waals surface area contributed by atoms with Crippen LogP contribution in [0.5, 0.6) is 0 Å². The van der Waals surface area contributed by atoms with Crippen LogP contribution in [-0.4, -0.2) is 35.6 Å². The van der Waals surface area contributed by atoms with Gasteiger partial charge in [0.1, 0.15) is 6.04 Å². The number of carboxylic acids is 1. The third kappa shape index (κ3) is 5.48. The zero-order chi connectivity index (χ0) is 25.9. The first-order chi connectivity index (χ1) is 17.1. The van der Waals surface area contributed by atoms with Crippen LogP contribution in [0.1, 0.15) is 28.8 Å². The number of anilines is 2. The monoisotopic (exact) mass is 497 g/mol. The molecule has 1 saturated heterocycles. The van der Waals surface area contributed by atoms with Gasteiger partial charge >= 0.3 is 18.2 Å². The second kappa shape index (κ2) is 10.1. The van der Waals surface area contributed by atoms with Gasteiger partial charge in [0.25, 0.3) is 0 Å². The summed E-state index contributed by atoms with van der Waals surface area (Å²) < 4.78 is 38.1. The molecule has 1 heterocycles. The van der Waals surface area contributed by atoms with Gasteiger partial charge in [0.15, 0.2) is 0 Å². The molecule has 1 fully saturated rings. The molecule has 1 aliphatic heterocycles. The molecule has 0 radical (unpaired) electrons. The molecule has 1 unspecified atom stereocenters. The number of amides is 3. The number of urea groups is 1. The molecular formula is C26H22F3N3O4. The number of nitrogens with zero attached hydrogens (tertiary/aromatic N) is 1. The van der Waals surface area contributed by atoms with Crippen molar-refractivity contribution in [3.63, 3.8) is 0 Å². The van der Waals surface area contributed by atoms with E-state index in [1.54, 1.807) is 47.4 Å². The van der Waals surface area contributed by atoms with Crippen LogP contribution in [0.25, 0.3) is 11.1 Å². The predicted molar refractivity (Wildman–Crippen MR) is 128 cm³/mol. The second-order valence-corrected chi connectivity index (χ2v) is 8.26. The average Bonchev–Trinajstić information content (AvgIpc) is 2.85. The van der Waals surface area contributed by atoms with Crippen molar-refractivity contribution in [3.05, 3.63) is 83.9 Å². The first kappa shape index (κ1) is 24.8. The van der Waals surface area contributed by atoms with Gasteiger partial charge in [-0.1, -0.05) is 30.3 Å². The highest BCUT2D eigenvalue weighted by molar-refractivity contribution is 6.02. The minimum Gasteiger partial charge on any atom is -0.478 e. The van der Waals surface area contributed by atoms with E-state index in [0.29, 0.717) is 36.2 Å². The molecule has 3 amide bonds. The minimum atomic E-state index is -4.48.